The molecule has 0 spiro atoms. The number of nitrogens with zero attached hydrogens (tertiary/aromatic N) is 1. The highest BCUT2D eigenvalue weighted by atomic mass is 35.5. The molecule has 0 aliphatic heterocycles. The lowest BCUT2D eigenvalue weighted by Crippen LogP contribution is -1.92. The van der Waals surface area contributed by atoms with Gasteiger partial charge in [-0.3, -0.25) is 0 Å². The van der Waals surface area contributed by atoms with E-state index in [1.807, 2.05) is 20.8 Å². The van der Waals surface area contributed by atoms with Crippen molar-refractivity contribution in [1.82, 2.24) is 4.98 Å². The first kappa shape index (κ1) is 8.82. The van der Waals surface area contributed by atoms with Gasteiger partial charge < -0.3 is 0 Å². The molecular formula is C8H9Cl2N. The zero-order valence-electron chi connectivity index (χ0n) is 6.70. The van der Waals surface area contributed by atoms with E-state index in [9.17, 15) is 0 Å². The quantitative estimate of drug-likeness (QED) is 0.572. The first-order valence-corrected chi connectivity index (χ1v) is 4.08. The number of pyridine rings is 1. The Kier molecular flexibility index (Phi) is 2.40. The predicted octanol–water partition coefficient (Wildman–Crippen LogP) is 3.31. The molecule has 1 rings (SSSR count). The van der Waals surface area contributed by atoms with Crippen molar-refractivity contribution in [1.29, 1.82) is 0 Å². The Morgan fingerprint density at radius 2 is 1.55 bits per heavy atom. The van der Waals surface area contributed by atoms with Crippen molar-refractivity contribution in [3.05, 3.63) is 27.0 Å². The summed E-state index contributed by atoms with van der Waals surface area (Å²) in [5.41, 5.74) is 2.76. The van der Waals surface area contributed by atoms with E-state index in [1.54, 1.807) is 0 Å². The minimum atomic E-state index is 0.498. The van der Waals surface area contributed by atoms with Gasteiger partial charge in [0.15, 0.2) is 0 Å². The van der Waals surface area contributed by atoms with E-state index in [4.69, 9.17) is 23.2 Å². The summed E-state index contributed by atoms with van der Waals surface area (Å²) in [7, 11) is 0. The third kappa shape index (κ3) is 1.49. The van der Waals surface area contributed by atoms with Crippen LogP contribution in [-0.2, 0) is 0 Å². The van der Waals surface area contributed by atoms with Gasteiger partial charge in [-0.05, 0) is 26.3 Å². The fourth-order valence-corrected chi connectivity index (χ4v) is 1.34. The summed E-state index contributed by atoms with van der Waals surface area (Å²) in [6, 6.07) is 0. The first-order valence-electron chi connectivity index (χ1n) is 3.33. The number of hydrogen-bond donors (Lipinski definition) is 0. The maximum Gasteiger partial charge on any atom is 0.133 e. The van der Waals surface area contributed by atoms with E-state index < -0.39 is 0 Å². The molecule has 0 aliphatic rings. The van der Waals surface area contributed by atoms with Gasteiger partial charge in [0.1, 0.15) is 5.15 Å². The van der Waals surface area contributed by atoms with Gasteiger partial charge in [-0.2, -0.15) is 0 Å². The van der Waals surface area contributed by atoms with Gasteiger partial charge in [-0.15, -0.1) is 0 Å². The zero-order valence-corrected chi connectivity index (χ0v) is 8.22. The summed E-state index contributed by atoms with van der Waals surface area (Å²) >= 11 is 11.8. The van der Waals surface area contributed by atoms with Gasteiger partial charge in [0.05, 0.1) is 5.02 Å². The molecule has 0 atom stereocenters. The smallest absolute Gasteiger partial charge is 0.133 e. The molecule has 1 heterocycles. The van der Waals surface area contributed by atoms with E-state index in [1.165, 1.54) is 0 Å². The molecule has 0 saturated carbocycles. The highest BCUT2D eigenvalue weighted by molar-refractivity contribution is 6.35. The first-order chi connectivity index (χ1) is 5.04. The van der Waals surface area contributed by atoms with Gasteiger partial charge in [0.25, 0.3) is 0 Å². The molecule has 1 aromatic rings. The molecule has 0 N–H and O–H groups in total. The number of rotatable bonds is 0. The standard InChI is InChI=1S/C8H9Cl2N/c1-4-6(3)11-8(10)5(2)7(4)9/h1-3H3. The van der Waals surface area contributed by atoms with Crippen molar-refractivity contribution in [2.24, 2.45) is 0 Å². The molecule has 11 heavy (non-hydrogen) atoms. The third-order valence-corrected chi connectivity index (χ3v) is 2.71. The Labute approximate surface area is 76.4 Å². The average molecular weight is 190 g/mol. The highest BCUT2D eigenvalue weighted by Gasteiger charge is 2.07. The van der Waals surface area contributed by atoms with Crippen molar-refractivity contribution in [2.45, 2.75) is 20.8 Å². The molecular weight excluding hydrogens is 181 g/mol. The number of halogens is 2. The van der Waals surface area contributed by atoms with Crippen molar-refractivity contribution in [3.8, 4) is 0 Å². The topological polar surface area (TPSA) is 12.9 Å². The monoisotopic (exact) mass is 189 g/mol. The summed E-state index contributed by atoms with van der Waals surface area (Å²) in [4.78, 5) is 4.11. The van der Waals surface area contributed by atoms with Crippen molar-refractivity contribution < 1.29 is 0 Å². The molecule has 0 radical (unpaired) electrons. The Morgan fingerprint density at radius 1 is 1.00 bits per heavy atom. The third-order valence-electron chi connectivity index (χ3n) is 1.78. The van der Waals surface area contributed by atoms with E-state index in [0.29, 0.717) is 5.15 Å². The molecule has 0 amide bonds. The Hall–Kier alpha value is -0.270. The van der Waals surface area contributed by atoms with Crippen molar-refractivity contribution in [3.63, 3.8) is 0 Å². The lowest BCUT2D eigenvalue weighted by atomic mass is 10.2. The van der Waals surface area contributed by atoms with Crippen LogP contribution in [0.4, 0.5) is 0 Å². The van der Waals surface area contributed by atoms with E-state index in [2.05, 4.69) is 4.98 Å². The molecule has 0 aromatic carbocycles. The second-order valence-corrected chi connectivity index (χ2v) is 3.29. The number of aryl methyl sites for hydroxylation is 1. The van der Waals surface area contributed by atoms with Gasteiger partial charge in [0.2, 0.25) is 0 Å². The van der Waals surface area contributed by atoms with Crippen molar-refractivity contribution >= 4 is 23.2 Å². The predicted molar refractivity (Wildman–Crippen MR) is 48.5 cm³/mol. The van der Waals surface area contributed by atoms with Crippen LogP contribution in [0.15, 0.2) is 0 Å². The molecule has 0 bridgehead atoms. The van der Waals surface area contributed by atoms with E-state index in [0.717, 1.165) is 21.8 Å². The lowest BCUT2D eigenvalue weighted by molar-refractivity contribution is 1.12. The number of hydrogen-bond acceptors (Lipinski definition) is 1. The van der Waals surface area contributed by atoms with E-state index >= 15 is 0 Å². The van der Waals surface area contributed by atoms with Crippen LogP contribution in [0.1, 0.15) is 16.8 Å². The molecule has 0 fully saturated rings. The Balaban J connectivity index is 3.46. The average Bonchev–Trinajstić information content (AvgIpc) is 1.97. The molecule has 0 unspecified atom stereocenters. The van der Waals surface area contributed by atoms with Crippen LogP contribution < -0.4 is 0 Å². The maximum atomic E-state index is 5.96. The van der Waals surface area contributed by atoms with Crippen LogP contribution in [0.3, 0.4) is 0 Å². The minimum Gasteiger partial charge on any atom is -0.241 e. The van der Waals surface area contributed by atoms with Crippen LogP contribution in [-0.4, -0.2) is 4.98 Å². The van der Waals surface area contributed by atoms with Gasteiger partial charge in [-0.1, -0.05) is 23.2 Å². The van der Waals surface area contributed by atoms with Crippen LogP contribution in [0, 0.1) is 20.8 Å². The van der Waals surface area contributed by atoms with Crippen LogP contribution in [0.2, 0.25) is 10.2 Å². The zero-order chi connectivity index (χ0) is 8.59. The SMILES string of the molecule is Cc1nc(Cl)c(C)c(Cl)c1C. The second-order valence-electron chi connectivity index (χ2n) is 2.55. The molecule has 1 aromatic heterocycles. The van der Waals surface area contributed by atoms with Gasteiger partial charge in [-0.25, -0.2) is 4.98 Å². The summed E-state index contributed by atoms with van der Waals surface area (Å²) in [5, 5.41) is 1.22. The molecule has 3 heteroatoms. The molecule has 1 nitrogen and oxygen atoms in total. The summed E-state index contributed by atoms with van der Waals surface area (Å²) in [5.74, 6) is 0. The van der Waals surface area contributed by atoms with E-state index in [-0.39, 0.29) is 0 Å². The van der Waals surface area contributed by atoms with Crippen molar-refractivity contribution in [2.75, 3.05) is 0 Å². The maximum absolute atomic E-state index is 5.96. The largest absolute Gasteiger partial charge is 0.241 e. The van der Waals surface area contributed by atoms with Crippen LogP contribution >= 0.6 is 23.2 Å². The fourth-order valence-electron chi connectivity index (χ4n) is 0.846. The van der Waals surface area contributed by atoms with Gasteiger partial charge >= 0.3 is 0 Å². The fraction of sp³-hybridized carbons (Fsp3) is 0.375. The van der Waals surface area contributed by atoms with Crippen LogP contribution in [0.25, 0.3) is 0 Å². The van der Waals surface area contributed by atoms with Crippen LogP contribution in [0.5, 0.6) is 0 Å². The second kappa shape index (κ2) is 3.00. The lowest BCUT2D eigenvalue weighted by Gasteiger charge is -2.06. The number of aromatic nitrogens is 1. The highest BCUT2D eigenvalue weighted by Crippen LogP contribution is 2.26. The summed E-state index contributed by atoms with van der Waals surface area (Å²) < 4.78 is 0. The molecule has 0 aliphatic carbocycles. The minimum absolute atomic E-state index is 0.498. The van der Waals surface area contributed by atoms with Gasteiger partial charge in [0, 0.05) is 11.3 Å². The normalized spacial score (nSPS) is 10.3. The summed E-state index contributed by atoms with van der Waals surface area (Å²) in [6.07, 6.45) is 0. The Bertz CT molecular complexity index is 268. The molecule has 60 valence electrons. The molecule has 0 saturated heterocycles. The Morgan fingerprint density at radius 3 is 2.09 bits per heavy atom. The summed E-state index contributed by atoms with van der Waals surface area (Å²) in [6.45, 7) is 5.70.